The van der Waals surface area contributed by atoms with Gasteiger partial charge in [-0.05, 0) is 99.1 Å². The summed E-state index contributed by atoms with van der Waals surface area (Å²) in [4.78, 5) is 26.3. The Balaban J connectivity index is 1.63. The van der Waals surface area contributed by atoms with E-state index in [1.165, 1.54) is 13.1 Å². The predicted octanol–water partition coefficient (Wildman–Crippen LogP) is 12.2. The van der Waals surface area contributed by atoms with Gasteiger partial charge < -0.3 is 29.0 Å². The molecule has 1 aliphatic carbocycles. The van der Waals surface area contributed by atoms with Gasteiger partial charge in [-0.25, -0.2) is 13.6 Å². The molecule has 0 spiro atoms. The van der Waals surface area contributed by atoms with Crippen LogP contribution >= 0.6 is 11.6 Å². The molecule has 8 nitrogen and oxygen atoms in total. The molecule has 0 saturated heterocycles. The van der Waals surface area contributed by atoms with Crippen molar-refractivity contribution in [3.8, 4) is 16.9 Å². The van der Waals surface area contributed by atoms with Crippen molar-refractivity contribution in [1.29, 1.82) is 0 Å². The molecule has 0 radical (unpaired) electrons. The van der Waals surface area contributed by atoms with Gasteiger partial charge in [0.05, 0.1) is 22.8 Å². The number of carbonyl (C=O) groups is 2. The van der Waals surface area contributed by atoms with Crippen molar-refractivity contribution >= 4 is 40.2 Å². The van der Waals surface area contributed by atoms with Crippen LogP contribution in [0, 0.1) is 11.6 Å². The average molecular weight is 872 g/mol. The second kappa shape index (κ2) is 16.9. The van der Waals surface area contributed by atoms with E-state index >= 15 is 8.78 Å². The lowest BCUT2D eigenvalue weighted by Crippen LogP contribution is -2.48. The lowest BCUT2D eigenvalue weighted by atomic mass is 9.82. The Kier molecular flexibility index (Phi) is 13.4. The average Bonchev–Trinajstić information content (AvgIpc) is 3.65. The number of alkyl carbamates (subject to hydrolysis) is 1. The molecule has 3 aromatic carbocycles. The summed E-state index contributed by atoms with van der Waals surface area (Å²) in [5.74, 6) is -1.74. The molecule has 2 amide bonds. The van der Waals surface area contributed by atoms with E-state index in [0.29, 0.717) is 42.5 Å². The molecule has 5 rings (SSSR count). The van der Waals surface area contributed by atoms with Crippen LogP contribution in [-0.4, -0.2) is 53.9 Å². The van der Waals surface area contributed by atoms with Gasteiger partial charge in [-0.2, -0.15) is 0 Å². The Hall–Kier alpha value is -3.30. The first kappa shape index (κ1) is 46.8. The van der Waals surface area contributed by atoms with Crippen LogP contribution in [0.4, 0.5) is 13.6 Å². The predicted molar refractivity (Wildman–Crippen MR) is 238 cm³/mol. The zero-order chi connectivity index (χ0) is 44.1. The summed E-state index contributed by atoms with van der Waals surface area (Å²) in [5, 5.41) is 4.94. The minimum atomic E-state index is -2.46. The number of amides is 2. The Labute approximate surface area is 357 Å². The number of rotatable bonds is 12. The molecule has 324 valence electrons. The van der Waals surface area contributed by atoms with Gasteiger partial charge in [-0.3, -0.25) is 4.79 Å². The SMILES string of the molecule is CNC(=O)c1cc2c(c(F)c1-c1c(Cl)c(F)cc3c1C[C@@](CCCCNC(=O)OC(C)(C)C)(c1ccccc1)O3)CC(O[Si](C)(C)C(C)(C)C)C2O[Si](C)(C)C(C)(C)C. The third-order valence-electron chi connectivity index (χ3n) is 12.7. The molecule has 3 aromatic rings. The second-order valence-electron chi connectivity index (χ2n) is 20.2. The number of benzene rings is 3. The van der Waals surface area contributed by atoms with E-state index < -0.39 is 63.7 Å². The van der Waals surface area contributed by atoms with E-state index in [1.54, 1.807) is 6.07 Å². The van der Waals surface area contributed by atoms with E-state index in [1.807, 2.05) is 51.1 Å². The first-order chi connectivity index (χ1) is 27.1. The summed E-state index contributed by atoms with van der Waals surface area (Å²) in [6.45, 7) is 27.4. The topological polar surface area (TPSA) is 95.1 Å². The summed E-state index contributed by atoms with van der Waals surface area (Å²) in [6.07, 6.45) is 0.569. The van der Waals surface area contributed by atoms with E-state index in [4.69, 9.17) is 29.9 Å². The molecule has 1 aliphatic heterocycles. The molecule has 1 heterocycles. The highest BCUT2D eigenvalue weighted by Gasteiger charge is 2.50. The quantitative estimate of drug-likeness (QED) is 0.139. The van der Waals surface area contributed by atoms with Crippen molar-refractivity contribution in [1.82, 2.24) is 10.6 Å². The van der Waals surface area contributed by atoms with Crippen LogP contribution in [0.2, 0.25) is 41.3 Å². The van der Waals surface area contributed by atoms with Crippen LogP contribution in [0.3, 0.4) is 0 Å². The van der Waals surface area contributed by atoms with Gasteiger partial charge in [0.25, 0.3) is 5.91 Å². The van der Waals surface area contributed by atoms with Crippen LogP contribution in [0.1, 0.15) is 120 Å². The Bertz CT molecular complexity index is 2060. The number of fused-ring (bicyclic) bond motifs is 2. The number of hydrogen-bond donors (Lipinski definition) is 2. The molecule has 0 saturated carbocycles. The molecule has 59 heavy (non-hydrogen) atoms. The van der Waals surface area contributed by atoms with Crippen LogP contribution in [0.5, 0.6) is 5.75 Å². The van der Waals surface area contributed by atoms with Gasteiger partial charge >= 0.3 is 6.09 Å². The molecular weight excluding hydrogens is 806 g/mol. The first-order valence-electron chi connectivity index (χ1n) is 20.8. The lowest BCUT2D eigenvalue weighted by molar-refractivity contribution is 0.0478. The third-order valence-corrected chi connectivity index (χ3v) is 22.0. The molecule has 2 unspecified atom stereocenters. The highest BCUT2D eigenvalue weighted by Crippen LogP contribution is 2.54. The van der Waals surface area contributed by atoms with E-state index in [0.717, 1.165) is 5.56 Å². The monoisotopic (exact) mass is 870 g/mol. The molecule has 2 aliphatic rings. The van der Waals surface area contributed by atoms with E-state index in [-0.39, 0.29) is 50.4 Å². The van der Waals surface area contributed by atoms with Crippen molar-refractivity contribution in [2.75, 3.05) is 13.6 Å². The van der Waals surface area contributed by atoms with Gasteiger partial charge in [0.1, 0.15) is 28.6 Å². The number of unbranched alkanes of at least 4 members (excludes halogenated alkanes) is 1. The van der Waals surface area contributed by atoms with Crippen molar-refractivity contribution in [2.45, 2.75) is 154 Å². The Morgan fingerprint density at radius 3 is 2.07 bits per heavy atom. The fourth-order valence-corrected chi connectivity index (χ4v) is 10.3. The highest BCUT2D eigenvalue weighted by molar-refractivity contribution is 6.74. The fraction of sp³-hybridized carbons (Fsp3) is 0.565. The summed E-state index contributed by atoms with van der Waals surface area (Å²) in [5.41, 5.74) is 0.783. The molecule has 0 bridgehead atoms. The van der Waals surface area contributed by atoms with Crippen LogP contribution in [-0.2, 0) is 32.0 Å². The lowest BCUT2D eigenvalue weighted by Gasteiger charge is -2.43. The molecule has 0 aromatic heterocycles. The van der Waals surface area contributed by atoms with Gasteiger partial charge in [0.15, 0.2) is 16.6 Å². The number of nitrogens with one attached hydrogen (secondary N) is 2. The van der Waals surface area contributed by atoms with Gasteiger partial charge in [0, 0.05) is 49.2 Å². The van der Waals surface area contributed by atoms with Crippen LogP contribution in [0.15, 0.2) is 42.5 Å². The fourth-order valence-electron chi connectivity index (χ4n) is 7.46. The molecule has 13 heteroatoms. The Morgan fingerprint density at radius 2 is 1.49 bits per heavy atom. The maximum absolute atomic E-state index is 17.9. The zero-order valence-electron chi connectivity index (χ0n) is 37.5. The summed E-state index contributed by atoms with van der Waals surface area (Å²) >= 11 is 6.93. The van der Waals surface area contributed by atoms with Crippen LogP contribution < -0.4 is 15.4 Å². The Morgan fingerprint density at radius 1 is 0.881 bits per heavy atom. The van der Waals surface area contributed by atoms with Gasteiger partial charge in [-0.15, -0.1) is 0 Å². The van der Waals surface area contributed by atoms with Crippen molar-refractivity contribution in [3.05, 3.63) is 86.9 Å². The molecular formula is C46H65ClF2N2O6Si2. The molecule has 2 N–H and O–H groups in total. The van der Waals surface area contributed by atoms with Crippen molar-refractivity contribution in [2.24, 2.45) is 0 Å². The van der Waals surface area contributed by atoms with Crippen molar-refractivity contribution < 1.29 is 36.7 Å². The number of halogens is 3. The minimum absolute atomic E-state index is 0.0284. The largest absolute Gasteiger partial charge is 0.482 e. The van der Waals surface area contributed by atoms with Crippen molar-refractivity contribution in [3.63, 3.8) is 0 Å². The normalized spacial score (nSPS) is 19.5. The molecule has 0 fully saturated rings. The van der Waals surface area contributed by atoms with Crippen LogP contribution in [0.25, 0.3) is 11.1 Å². The molecule has 3 atom stereocenters. The minimum Gasteiger partial charge on any atom is -0.482 e. The number of carbonyl (C=O) groups excluding carboxylic acids is 2. The maximum atomic E-state index is 17.9. The summed E-state index contributed by atoms with van der Waals surface area (Å²) < 4.78 is 60.4. The summed E-state index contributed by atoms with van der Waals surface area (Å²) in [7, 11) is -3.37. The zero-order valence-corrected chi connectivity index (χ0v) is 40.3. The maximum Gasteiger partial charge on any atom is 0.407 e. The van der Waals surface area contributed by atoms with E-state index in [2.05, 4.69) is 78.4 Å². The summed E-state index contributed by atoms with van der Waals surface area (Å²) in [6, 6.07) is 12.6. The van der Waals surface area contributed by atoms with E-state index in [9.17, 15) is 9.59 Å². The highest BCUT2D eigenvalue weighted by atomic mass is 35.5. The smallest absolute Gasteiger partial charge is 0.407 e. The van der Waals surface area contributed by atoms with Gasteiger partial charge in [-0.1, -0.05) is 83.5 Å². The second-order valence-corrected chi connectivity index (χ2v) is 30.1. The third kappa shape index (κ3) is 9.77. The number of ether oxygens (including phenoxy) is 2. The first-order valence-corrected chi connectivity index (χ1v) is 27.0. The van der Waals surface area contributed by atoms with Gasteiger partial charge in [0.2, 0.25) is 0 Å². The standard InChI is InChI=1S/C46H65ClF2N2O6Si2/c1-43(2,3)55-42(53)51-23-19-18-22-46(28-20-16-15-17-21-28)27-32-34(54-46)26-33(48)38(47)36(32)37-31(41(52)50-10)24-30-29(39(37)49)25-35(56-58(11,12)44(4,5)6)40(30)57-59(13,14)45(7,8)9/h15-17,20-21,24,26,35,40H,18-19,22-23,25,27H2,1-14H3,(H,50,52)(H,51,53)/t35?,40?,46-/m0/s1. The number of hydrogen-bond acceptors (Lipinski definition) is 6.